The molecule has 2 nitrogen and oxygen atoms in total. The van der Waals surface area contributed by atoms with Crippen LogP contribution in [0.2, 0.25) is 0 Å². The van der Waals surface area contributed by atoms with E-state index in [1.165, 1.54) is 29.5 Å². The van der Waals surface area contributed by atoms with Gasteiger partial charge in [-0.15, -0.1) is 0 Å². The topological polar surface area (TPSA) is 40.5 Å². The zero-order chi connectivity index (χ0) is 14.3. The fourth-order valence-corrected chi connectivity index (χ4v) is 4.64. The third-order valence-electron chi connectivity index (χ3n) is 5.62. The van der Waals surface area contributed by atoms with E-state index in [4.69, 9.17) is 0 Å². The lowest BCUT2D eigenvalue weighted by Crippen LogP contribution is -2.25. The van der Waals surface area contributed by atoms with Gasteiger partial charge in [-0.05, 0) is 54.7 Å². The van der Waals surface area contributed by atoms with Crippen molar-refractivity contribution in [1.29, 1.82) is 0 Å². The van der Waals surface area contributed by atoms with Crippen molar-refractivity contribution >= 4 is 0 Å². The van der Waals surface area contributed by atoms with Crippen molar-refractivity contribution in [2.75, 3.05) is 0 Å². The number of aryl methyl sites for hydroxylation is 2. The number of rotatable bonds is 2. The Labute approximate surface area is 121 Å². The molecule has 0 radical (unpaired) electrons. The molecule has 1 aromatic rings. The van der Waals surface area contributed by atoms with E-state index in [-0.39, 0.29) is 18.1 Å². The predicted molar refractivity (Wildman–Crippen MR) is 80.8 cm³/mol. The van der Waals surface area contributed by atoms with Crippen molar-refractivity contribution in [2.24, 2.45) is 11.8 Å². The number of benzene rings is 1. The zero-order valence-electron chi connectivity index (χ0n) is 12.5. The standard InChI is InChI=1S/C18H26O2/c1-3-12-8-6-7-11(2)15(12)16-17(19)13-9-4-5-10-14(13)18(16)20/h6-8,13-14,16-20H,3-5,9-10H2,1-2H3/t13-,14-,16?,17?,18?/m0/s1. The predicted octanol–water partition coefficient (Wildman–Crippen LogP) is 3.18. The van der Waals surface area contributed by atoms with E-state index in [1.54, 1.807) is 0 Å². The zero-order valence-corrected chi connectivity index (χ0v) is 12.5. The van der Waals surface area contributed by atoms with Gasteiger partial charge in [0.05, 0.1) is 12.2 Å². The molecule has 0 aliphatic heterocycles. The average molecular weight is 274 g/mol. The SMILES string of the molecule is CCc1cccc(C)c1C1C(O)[C@H]2CCCC[C@@H]2C1O. The molecule has 2 N–H and O–H groups in total. The summed E-state index contributed by atoms with van der Waals surface area (Å²) in [5.41, 5.74) is 3.71. The molecule has 0 spiro atoms. The van der Waals surface area contributed by atoms with Crippen molar-refractivity contribution < 1.29 is 10.2 Å². The lowest BCUT2D eigenvalue weighted by molar-refractivity contribution is 0.0829. The molecule has 1 aromatic carbocycles. The molecule has 2 aliphatic carbocycles. The van der Waals surface area contributed by atoms with Gasteiger partial charge in [0, 0.05) is 5.92 Å². The molecule has 2 aliphatic rings. The van der Waals surface area contributed by atoms with Crippen LogP contribution in [0, 0.1) is 18.8 Å². The first kappa shape index (κ1) is 14.1. The third-order valence-corrected chi connectivity index (χ3v) is 5.62. The summed E-state index contributed by atoms with van der Waals surface area (Å²) in [6.45, 7) is 4.26. The van der Waals surface area contributed by atoms with Gasteiger partial charge >= 0.3 is 0 Å². The van der Waals surface area contributed by atoms with Gasteiger partial charge in [0.2, 0.25) is 0 Å². The van der Waals surface area contributed by atoms with Crippen LogP contribution in [-0.2, 0) is 6.42 Å². The van der Waals surface area contributed by atoms with Gasteiger partial charge in [-0.2, -0.15) is 0 Å². The van der Waals surface area contributed by atoms with Gasteiger partial charge in [-0.3, -0.25) is 0 Å². The lowest BCUT2D eigenvalue weighted by Gasteiger charge is -2.27. The third kappa shape index (κ3) is 2.10. The summed E-state index contributed by atoms with van der Waals surface area (Å²) < 4.78 is 0. The maximum atomic E-state index is 10.8. The second-order valence-electron chi connectivity index (χ2n) is 6.62. The first-order valence-corrected chi connectivity index (χ1v) is 8.09. The normalized spacial score (nSPS) is 36.9. The average Bonchev–Trinajstić information content (AvgIpc) is 2.72. The number of aliphatic hydroxyl groups excluding tert-OH is 2. The molecule has 3 rings (SSSR count). The van der Waals surface area contributed by atoms with Crippen LogP contribution in [0.1, 0.15) is 55.2 Å². The molecule has 0 bridgehead atoms. The Bertz CT molecular complexity index is 464. The van der Waals surface area contributed by atoms with Crippen LogP contribution in [0.3, 0.4) is 0 Å². The Kier molecular flexibility index (Phi) is 3.87. The molecule has 4 atom stereocenters. The van der Waals surface area contributed by atoms with Gasteiger partial charge < -0.3 is 10.2 Å². The summed E-state index contributed by atoms with van der Waals surface area (Å²) >= 11 is 0. The van der Waals surface area contributed by atoms with Crippen molar-refractivity contribution in [3.8, 4) is 0 Å². The van der Waals surface area contributed by atoms with Gasteiger partial charge in [-0.25, -0.2) is 0 Å². The Morgan fingerprint density at radius 1 is 1.05 bits per heavy atom. The highest BCUT2D eigenvalue weighted by Crippen LogP contribution is 2.50. The molecule has 2 heteroatoms. The summed E-state index contributed by atoms with van der Waals surface area (Å²) in [6.07, 6.45) is 4.77. The first-order valence-electron chi connectivity index (χ1n) is 8.09. The fourth-order valence-electron chi connectivity index (χ4n) is 4.64. The molecule has 2 saturated carbocycles. The van der Waals surface area contributed by atoms with Crippen molar-refractivity contribution in [2.45, 2.75) is 64.1 Å². The van der Waals surface area contributed by atoms with Crippen LogP contribution >= 0.6 is 0 Å². The van der Waals surface area contributed by atoms with Crippen LogP contribution in [0.25, 0.3) is 0 Å². The monoisotopic (exact) mass is 274 g/mol. The number of aliphatic hydroxyl groups is 2. The van der Waals surface area contributed by atoms with Crippen LogP contribution < -0.4 is 0 Å². The molecule has 0 amide bonds. The van der Waals surface area contributed by atoms with Crippen molar-refractivity contribution in [3.05, 3.63) is 34.9 Å². The summed E-state index contributed by atoms with van der Waals surface area (Å²) in [7, 11) is 0. The van der Waals surface area contributed by atoms with Crippen LogP contribution in [-0.4, -0.2) is 22.4 Å². The molecule has 110 valence electrons. The molecule has 0 aromatic heterocycles. The summed E-state index contributed by atoms with van der Waals surface area (Å²) in [5.74, 6) is 0.514. The second kappa shape index (κ2) is 5.50. The van der Waals surface area contributed by atoms with Crippen LogP contribution in [0.4, 0.5) is 0 Å². The minimum absolute atomic E-state index is 0.0840. The molecule has 20 heavy (non-hydrogen) atoms. The first-order chi connectivity index (χ1) is 9.65. The molecular weight excluding hydrogens is 248 g/mol. The van der Waals surface area contributed by atoms with Crippen LogP contribution in [0.5, 0.6) is 0 Å². The largest absolute Gasteiger partial charge is 0.392 e. The fraction of sp³-hybridized carbons (Fsp3) is 0.667. The van der Waals surface area contributed by atoms with Gasteiger partial charge in [0.1, 0.15) is 0 Å². The maximum Gasteiger partial charge on any atom is 0.0665 e. The smallest absolute Gasteiger partial charge is 0.0665 e. The van der Waals surface area contributed by atoms with E-state index < -0.39 is 0 Å². The number of hydrogen-bond donors (Lipinski definition) is 2. The maximum absolute atomic E-state index is 10.8. The van der Waals surface area contributed by atoms with Crippen molar-refractivity contribution in [3.63, 3.8) is 0 Å². The van der Waals surface area contributed by atoms with E-state index in [1.807, 2.05) is 0 Å². The second-order valence-corrected chi connectivity index (χ2v) is 6.62. The number of hydrogen-bond acceptors (Lipinski definition) is 2. The highest BCUT2D eigenvalue weighted by Gasteiger charge is 2.50. The molecule has 2 fully saturated rings. The minimum atomic E-state index is -0.373. The van der Waals surface area contributed by atoms with Crippen molar-refractivity contribution in [1.82, 2.24) is 0 Å². The Morgan fingerprint density at radius 3 is 2.20 bits per heavy atom. The number of fused-ring (bicyclic) bond motifs is 1. The van der Waals surface area contributed by atoms with Gasteiger partial charge in [0.25, 0.3) is 0 Å². The molecule has 2 unspecified atom stereocenters. The van der Waals surface area contributed by atoms with E-state index in [9.17, 15) is 10.2 Å². The van der Waals surface area contributed by atoms with E-state index in [0.717, 1.165) is 19.3 Å². The van der Waals surface area contributed by atoms with E-state index in [0.29, 0.717) is 11.8 Å². The highest BCUT2D eigenvalue weighted by molar-refractivity contribution is 5.40. The molecule has 0 saturated heterocycles. The minimum Gasteiger partial charge on any atom is -0.392 e. The Hall–Kier alpha value is -0.860. The van der Waals surface area contributed by atoms with Gasteiger partial charge in [0.15, 0.2) is 0 Å². The van der Waals surface area contributed by atoms with E-state index >= 15 is 0 Å². The Balaban J connectivity index is 2.01. The molecule has 0 heterocycles. The Morgan fingerprint density at radius 2 is 1.65 bits per heavy atom. The summed E-state index contributed by atoms with van der Waals surface area (Å²) in [6, 6.07) is 6.33. The lowest BCUT2D eigenvalue weighted by atomic mass is 9.80. The summed E-state index contributed by atoms with van der Waals surface area (Å²) in [5, 5.41) is 21.6. The summed E-state index contributed by atoms with van der Waals surface area (Å²) in [4.78, 5) is 0. The van der Waals surface area contributed by atoms with Crippen LogP contribution in [0.15, 0.2) is 18.2 Å². The molecular formula is C18H26O2. The van der Waals surface area contributed by atoms with E-state index in [2.05, 4.69) is 32.0 Å². The highest BCUT2D eigenvalue weighted by atomic mass is 16.3. The van der Waals surface area contributed by atoms with Gasteiger partial charge in [-0.1, -0.05) is 38.0 Å². The quantitative estimate of drug-likeness (QED) is 0.869.